The first-order chi connectivity index (χ1) is 13.5. The van der Waals surface area contributed by atoms with Crippen LogP contribution < -0.4 is 21.4 Å². The van der Waals surface area contributed by atoms with Gasteiger partial charge in [0.05, 0.1) is 5.39 Å². The first kappa shape index (κ1) is 16.1. The summed E-state index contributed by atoms with van der Waals surface area (Å²) in [6.07, 6.45) is 0. The van der Waals surface area contributed by atoms with Gasteiger partial charge in [0, 0.05) is 11.3 Å². The molecule has 0 radical (unpaired) electrons. The first-order valence-corrected chi connectivity index (χ1v) is 8.24. The summed E-state index contributed by atoms with van der Waals surface area (Å²) >= 11 is 0. The third-order valence-electron chi connectivity index (χ3n) is 5.06. The molecule has 8 heteroatoms. The molecule has 1 spiro atoms. The van der Waals surface area contributed by atoms with Gasteiger partial charge in [0.15, 0.2) is 11.2 Å². The number of ether oxygens (including phenoxy) is 1. The van der Waals surface area contributed by atoms with Crippen molar-refractivity contribution in [3.63, 3.8) is 0 Å². The lowest BCUT2D eigenvalue weighted by atomic mass is 9.69. The number of carbonyl (C=O) groups is 1. The van der Waals surface area contributed by atoms with Crippen molar-refractivity contribution < 1.29 is 18.3 Å². The van der Waals surface area contributed by atoms with Gasteiger partial charge in [-0.25, -0.2) is 9.18 Å². The SMILES string of the molecule is N#CC1=C(N)Oc2c(c(=O)oc3ccccc23)C12C(=O)Nc1ccc(F)cc12. The molecule has 7 nitrogen and oxygen atoms in total. The Kier molecular flexibility index (Phi) is 2.99. The van der Waals surface area contributed by atoms with Crippen molar-refractivity contribution in [2.75, 3.05) is 5.32 Å². The zero-order valence-electron chi connectivity index (χ0n) is 14.1. The number of nitrogens with one attached hydrogen (secondary N) is 1. The second kappa shape index (κ2) is 5.20. The van der Waals surface area contributed by atoms with Gasteiger partial charge < -0.3 is 20.2 Å². The van der Waals surface area contributed by atoms with Crippen LogP contribution in [-0.2, 0) is 10.2 Å². The minimum atomic E-state index is -1.96. The third-order valence-corrected chi connectivity index (χ3v) is 5.06. The highest BCUT2D eigenvalue weighted by atomic mass is 19.1. The van der Waals surface area contributed by atoms with Crippen molar-refractivity contribution >= 4 is 22.6 Å². The molecule has 28 heavy (non-hydrogen) atoms. The van der Waals surface area contributed by atoms with E-state index in [1.54, 1.807) is 24.3 Å². The predicted molar refractivity (Wildman–Crippen MR) is 95.7 cm³/mol. The summed E-state index contributed by atoms with van der Waals surface area (Å²) in [5.74, 6) is -1.67. The molecular weight excluding hydrogens is 365 g/mol. The van der Waals surface area contributed by atoms with Crippen LogP contribution >= 0.6 is 0 Å². The van der Waals surface area contributed by atoms with Gasteiger partial charge in [-0.05, 0) is 30.3 Å². The molecule has 3 heterocycles. The van der Waals surface area contributed by atoms with Gasteiger partial charge in [0.1, 0.15) is 28.6 Å². The van der Waals surface area contributed by atoms with Crippen molar-refractivity contribution in [2.45, 2.75) is 5.41 Å². The molecule has 0 saturated carbocycles. The van der Waals surface area contributed by atoms with Gasteiger partial charge in [-0.1, -0.05) is 12.1 Å². The summed E-state index contributed by atoms with van der Waals surface area (Å²) < 4.78 is 25.1. The molecule has 136 valence electrons. The number of benzene rings is 2. The van der Waals surface area contributed by atoms with E-state index in [0.717, 1.165) is 6.07 Å². The molecule has 3 N–H and O–H groups in total. The van der Waals surface area contributed by atoms with Crippen molar-refractivity contribution in [1.29, 1.82) is 5.26 Å². The summed E-state index contributed by atoms with van der Waals surface area (Å²) in [4.78, 5) is 26.1. The van der Waals surface area contributed by atoms with E-state index in [1.807, 2.05) is 6.07 Å². The lowest BCUT2D eigenvalue weighted by Crippen LogP contribution is -2.45. The number of hydrogen-bond acceptors (Lipinski definition) is 6. The highest BCUT2D eigenvalue weighted by Crippen LogP contribution is 2.53. The normalized spacial score (nSPS) is 19.8. The average Bonchev–Trinajstić information content (AvgIpc) is 2.94. The number of fused-ring (bicyclic) bond motifs is 6. The van der Waals surface area contributed by atoms with Gasteiger partial charge in [0.2, 0.25) is 11.8 Å². The van der Waals surface area contributed by atoms with Crippen LogP contribution in [0.3, 0.4) is 0 Å². The van der Waals surface area contributed by atoms with E-state index >= 15 is 0 Å². The quantitative estimate of drug-likeness (QED) is 0.582. The van der Waals surface area contributed by atoms with Crippen LogP contribution in [0.15, 0.2) is 63.1 Å². The third kappa shape index (κ3) is 1.75. The fourth-order valence-corrected chi connectivity index (χ4v) is 3.93. The molecule has 1 amide bonds. The van der Waals surface area contributed by atoms with Crippen molar-refractivity contribution in [3.05, 3.63) is 81.3 Å². The fourth-order valence-electron chi connectivity index (χ4n) is 3.93. The van der Waals surface area contributed by atoms with Gasteiger partial charge in [0.25, 0.3) is 0 Å². The van der Waals surface area contributed by atoms with Gasteiger partial charge in [-0.2, -0.15) is 5.26 Å². The Bertz CT molecular complexity index is 1350. The highest BCUT2D eigenvalue weighted by molar-refractivity contribution is 6.13. The topological polar surface area (TPSA) is 118 Å². The van der Waals surface area contributed by atoms with E-state index in [-0.39, 0.29) is 39.6 Å². The predicted octanol–water partition coefficient (Wildman–Crippen LogP) is 2.26. The maximum Gasteiger partial charge on any atom is 0.345 e. The van der Waals surface area contributed by atoms with E-state index in [1.165, 1.54) is 12.1 Å². The minimum Gasteiger partial charge on any atom is -0.439 e. The Labute approximate surface area is 156 Å². The molecule has 3 aromatic rings. The number of anilines is 1. The van der Waals surface area contributed by atoms with E-state index in [4.69, 9.17) is 14.9 Å². The van der Waals surface area contributed by atoms with Crippen LogP contribution in [0, 0.1) is 17.1 Å². The lowest BCUT2D eigenvalue weighted by molar-refractivity contribution is -0.118. The number of nitrogens with zero attached hydrogens (tertiary/aromatic N) is 1. The van der Waals surface area contributed by atoms with Crippen LogP contribution in [-0.4, -0.2) is 5.91 Å². The van der Waals surface area contributed by atoms with Gasteiger partial charge in [-0.3, -0.25) is 4.79 Å². The Morgan fingerprint density at radius 2 is 1.96 bits per heavy atom. The smallest absolute Gasteiger partial charge is 0.345 e. The number of rotatable bonds is 0. The molecule has 2 aliphatic heterocycles. The summed E-state index contributed by atoms with van der Waals surface area (Å²) in [6, 6.07) is 12.0. The summed E-state index contributed by atoms with van der Waals surface area (Å²) in [5.41, 5.74) is 3.24. The molecule has 0 fully saturated rings. The zero-order valence-corrected chi connectivity index (χ0v) is 14.1. The number of amides is 1. The molecule has 1 unspecified atom stereocenters. The van der Waals surface area contributed by atoms with Crippen molar-refractivity contribution in [3.8, 4) is 11.8 Å². The summed E-state index contributed by atoms with van der Waals surface area (Å²) in [7, 11) is 0. The number of hydrogen-bond donors (Lipinski definition) is 2. The number of nitrogens with two attached hydrogens (primary N) is 1. The van der Waals surface area contributed by atoms with E-state index in [0.29, 0.717) is 5.39 Å². The number of para-hydroxylation sites is 1. The first-order valence-electron chi connectivity index (χ1n) is 8.24. The lowest BCUT2D eigenvalue weighted by Gasteiger charge is -2.32. The largest absolute Gasteiger partial charge is 0.439 e. The van der Waals surface area contributed by atoms with Crippen LogP contribution in [0.1, 0.15) is 11.1 Å². The summed E-state index contributed by atoms with van der Waals surface area (Å²) in [5, 5.41) is 12.8. The van der Waals surface area contributed by atoms with Crippen LogP contribution in [0.5, 0.6) is 5.75 Å². The van der Waals surface area contributed by atoms with E-state index in [2.05, 4.69) is 5.32 Å². The molecule has 1 aromatic heterocycles. The van der Waals surface area contributed by atoms with Gasteiger partial charge >= 0.3 is 5.63 Å². The summed E-state index contributed by atoms with van der Waals surface area (Å²) in [6.45, 7) is 0. The van der Waals surface area contributed by atoms with Gasteiger partial charge in [-0.15, -0.1) is 0 Å². The molecule has 5 rings (SSSR count). The molecule has 1 atom stereocenters. The number of nitriles is 1. The van der Waals surface area contributed by atoms with Crippen LogP contribution in [0.25, 0.3) is 11.0 Å². The minimum absolute atomic E-state index is 0.00983. The second-order valence-corrected chi connectivity index (χ2v) is 6.44. The Hall–Kier alpha value is -4.12. The molecule has 2 aromatic carbocycles. The molecule has 0 saturated heterocycles. The van der Waals surface area contributed by atoms with Crippen LogP contribution in [0.2, 0.25) is 0 Å². The molecule has 2 aliphatic rings. The zero-order chi connectivity index (χ0) is 19.6. The average molecular weight is 375 g/mol. The van der Waals surface area contributed by atoms with Crippen LogP contribution in [0.4, 0.5) is 10.1 Å². The Morgan fingerprint density at radius 3 is 2.75 bits per heavy atom. The Morgan fingerprint density at radius 1 is 1.18 bits per heavy atom. The highest BCUT2D eigenvalue weighted by Gasteiger charge is 2.59. The maximum absolute atomic E-state index is 14.1. The monoisotopic (exact) mass is 375 g/mol. The Balaban J connectivity index is 2.03. The molecule has 0 aliphatic carbocycles. The van der Waals surface area contributed by atoms with E-state index < -0.39 is 22.8 Å². The number of halogens is 1. The standard InChI is InChI=1S/C20H10FN3O4/c21-9-5-6-13-11(7-9)20(19(26)24-13)12(8-22)17(23)28-16-10-3-1-2-4-14(10)27-18(25)15(16)20/h1-7H,23H2,(H,24,26). The fraction of sp³-hybridized carbons (Fsp3) is 0.0500. The molecule has 0 bridgehead atoms. The molecular formula is C20H10FN3O4. The maximum atomic E-state index is 14.1. The van der Waals surface area contributed by atoms with E-state index in [9.17, 15) is 19.2 Å². The van der Waals surface area contributed by atoms with Crippen molar-refractivity contribution in [2.24, 2.45) is 5.73 Å². The van der Waals surface area contributed by atoms with Crippen molar-refractivity contribution in [1.82, 2.24) is 0 Å². The number of carbonyl (C=O) groups excluding carboxylic acids is 1. The second-order valence-electron chi connectivity index (χ2n) is 6.44.